The average molecular weight is 463 g/mol. The number of anilines is 1. The van der Waals surface area contributed by atoms with Crippen LogP contribution in [0.4, 0.5) is 19.1 Å². The number of nitrogens with zero attached hydrogens (tertiary/aromatic N) is 4. The first kappa shape index (κ1) is 21.5. The normalized spacial score (nSPS) is 12.1. The lowest BCUT2D eigenvalue weighted by molar-refractivity contribution is -0.137. The zero-order valence-electron chi connectivity index (χ0n) is 14.6. The van der Waals surface area contributed by atoms with E-state index >= 15 is 0 Å². The number of benzene rings is 1. The summed E-state index contributed by atoms with van der Waals surface area (Å²) in [4.78, 5) is 16.2. The zero-order chi connectivity index (χ0) is 21.1. The molecule has 0 saturated carbocycles. The van der Waals surface area contributed by atoms with Crippen molar-refractivity contribution in [1.82, 2.24) is 19.9 Å². The maximum Gasteiger partial charge on any atom is 0.416 e. The van der Waals surface area contributed by atoms with Crippen molar-refractivity contribution in [3.63, 3.8) is 0 Å². The second kappa shape index (κ2) is 8.69. The van der Waals surface area contributed by atoms with Crippen molar-refractivity contribution in [1.29, 1.82) is 0 Å². The predicted octanol–water partition coefficient (Wildman–Crippen LogP) is 5.43. The number of hydrogen-bond acceptors (Lipinski definition) is 5. The number of hydrogen-bond donors (Lipinski definition) is 1. The molecule has 2 heterocycles. The first-order valence-electron chi connectivity index (χ1n) is 8.26. The van der Waals surface area contributed by atoms with Crippen LogP contribution in [-0.2, 0) is 16.4 Å². The highest BCUT2D eigenvalue weighted by molar-refractivity contribution is 6.66. The van der Waals surface area contributed by atoms with Crippen LogP contribution in [0, 0.1) is 0 Å². The first-order valence-corrected chi connectivity index (χ1v) is 9.40. The van der Waals surface area contributed by atoms with E-state index in [1.807, 2.05) is 12.1 Å². The highest BCUT2D eigenvalue weighted by atomic mass is 35.6. The maximum atomic E-state index is 13.0. The van der Waals surface area contributed by atoms with E-state index in [4.69, 9.17) is 34.8 Å². The highest BCUT2D eigenvalue weighted by Gasteiger charge is 2.32. The monoisotopic (exact) mass is 461 g/mol. The van der Waals surface area contributed by atoms with Gasteiger partial charge >= 0.3 is 6.18 Å². The van der Waals surface area contributed by atoms with Gasteiger partial charge in [-0.05, 0) is 36.2 Å². The van der Waals surface area contributed by atoms with Crippen molar-refractivity contribution in [2.75, 3.05) is 11.9 Å². The SMILES string of the molecule is FC(F)(F)c1cccc(-c2nc(NCCc3ccncc3)nc(C(Cl)(Cl)Cl)n2)c1. The quantitative estimate of drug-likeness (QED) is 0.512. The molecule has 2 aromatic heterocycles. The Kier molecular flexibility index (Phi) is 6.45. The van der Waals surface area contributed by atoms with Crippen molar-refractivity contribution in [2.24, 2.45) is 0 Å². The van der Waals surface area contributed by atoms with E-state index in [1.165, 1.54) is 12.1 Å². The van der Waals surface area contributed by atoms with E-state index in [-0.39, 0.29) is 23.2 Å². The number of halogens is 6. The molecule has 0 aliphatic carbocycles. The summed E-state index contributed by atoms with van der Waals surface area (Å²) in [6.45, 7) is 0.440. The molecule has 0 radical (unpaired) electrons. The molecule has 3 rings (SSSR count). The van der Waals surface area contributed by atoms with Crippen molar-refractivity contribution >= 4 is 40.8 Å². The van der Waals surface area contributed by atoms with Crippen LogP contribution in [0.5, 0.6) is 0 Å². The molecular weight excluding hydrogens is 450 g/mol. The van der Waals surface area contributed by atoms with Gasteiger partial charge in [0, 0.05) is 24.5 Å². The molecule has 0 fully saturated rings. The van der Waals surface area contributed by atoms with Crippen molar-refractivity contribution in [2.45, 2.75) is 16.4 Å². The van der Waals surface area contributed by atoms with Crippen LogP contribution in [-0.4, -0.2) is 26.5 Å². The van der Waals surface area contributed by atoms with Gasteiger partial charge in [0.05, 0.1) is 5.56 Å². The molecule has 0 saturated heterocycles. The number of alkyl halides is 6. The van der Waals surface area contributed by atoms with Crippen molar-refractivity contribution in [3.05, 3.63) is 65.7 Å². The smallest absolute Gasteiger partial charge is 0.354 e. The van der Waals surface area contributed by atoms with E-state index in [2.05, 4.69) is 25.3 Å². The summed E-state index contributed by atoms with van der Waals surface area (Å²) >= 11 is 17.7. The molecule has 11 heteroatoms. The summed E-state index contributed by atoms with van der Waals surface area (Å²) in [5.41, 5.74) is 0.314. The Morgan fingerprint density at radius 1 is 0.931 bits per heavy atom. The average Bonchev–Trinajstić information content (AvgIpc) is 2.67. The highest BCUT2D eigenvalue weighted by Crippen LogP contribution is 2.37. The van der Waals surface area contributed by atoms with Gasteiger partial charge in [0.25, 0.3) is 0 Å². The fraction of sp³-hybridized carbons (Fsp3) is 0.222. The molecule has 152 valence electrons. The van der Waals surface area contributed by atoms with Gasteiger partial charge in [0.1, 0.15) is 0 Å². The Morgan fingerprint density at radius 2 is 1.66 bits per heavy atom. The van der Waals surface area contributed by atoms with Crippen LogP contribution >= 0.6 is 34.8 Å². The van der Waals surface area contributed by atoms with E-state index in [0.717, 1.165) is 17.7 Å². The Hall–Kier alpha value is -2.16. The minimum Gasteiger partial charge on any atom is -0.354 e. The summed E-state index contributed by atoms with van der Waals surface area (Å²) in [6.07, 6.45) is -0.529. The summed E-state index contributed by atoms with van der Waals surface area (Å²) in [5.74, 6) is -0.155. The molecular formula is C18H13Cl3F3N5. The third kappa shape index (κ3) is 5.91. The third-order valence-electron chi connectivity index (χ3n) is 3.78. The summed E-state index contributed by atoms with van der Waals surface area (Å²) in [5, 5.41) is 2.98. The van der Waals surface area contributed by atoms with Gasteiger partial charge in [-0.25, -0.2) is 4.98 Å². The molecule has 1 N–H and O–H groups in total. The van der Waals surface area contributed by atoms with Crippen LogP contribution in [0.15, 0.2) is 48.8 Å². The van der Waals surface area contributed by atoms with Crippen molar-refractivity contribution < 1.29 is 13.2 Å². The Labute approximate surface area is 179 Å². The number of aromatic nitrogens is 4. The largest absolute Gasteiger partial charge is 0.416 e. The minimum absolute atomic E-state index is 0.0427. The molecule has 5 nitrogen and oxygen atoms in total. The molecule has 0 bridgehead atoms. The van der Waals surface area contributed by atoms with Crippen LogP contribution < -0.4 is 5.32 Å². The summed E-state index contributed by atoms with van der Waals surface area (Å²) in [6, 6.07) is 8.29. The van der Waals surface area contributed by atoms with Crippen LogP contribution in [0.3, 0.4) is 0 Å². The fourth-order valence-electron chi connectivity index (χ4n) is 2.41. The Morgan fingerprint density at radius 3 is 2.31 bits per heavy atom. The fourth-order valence-corrected chi connectivity index (χ4v) is 2.67. The molecule has 0 unspecified atom stereocenters. The standard InChI is InChI=1S/C18H13Cl3F3N5/c19-17(20,21)15-27-14(12-2-1-3-13(10-12)18(22,23)24)28-16(29-15)26-9-6-11-4-7-25-8-5-11/h1-5,7-8,10H,6,9H2,(H,26,27,28,29). The lowest BCUT2D eigenvalue weighted by Gasteiger charge is -2.14. The zero-order valence-corrected chi connectivity index (χ0v) is 16.9. The second-order valence-corrected chi connectivity index (χ2v) is 8.20. The molecule has 0 spiro atoms. The van der Waals surface area contributed by atoms with Gasteiger partial charge in [-0.15, -0.1) is 0 Å². The van der Waals surface area contributed by atoms with Gasteiger partial charge in [0.15, 0.2) is 11.6 Å². The van der Waals surface area contributed by atoms with Crippen molar-refractivity contribution in [3.8, 4) is 11.4 Å². The van der Waals surface area contributed by atoms with Gasteiger partial charge in [-0.3, -0.25) is 4.98 Å². The third-order valence-corrected chi connectivity index (χ3v) is 4.29. The van der Waals surface area contributed by atoms with Gasteiger partial charge in [-0.2, -0.15) is 23.1 Å². The second-order valence-electron chi connectivity index (χ2n) is 5.91. The molecule has 29 heavy (non-hydrogen) atoms. The van der Waals surface area contributed by atoms with E-state index in [1.54, 1.807) is 12.4 Å². The van der Waals surface area contributed by atoms with Crippen LogP contribution in [0.1, 0.15) is 17.0 Å². The van der Waals surface area contributed by atoms with Gasteiger partial charge in [-0.1, -0.05) is 46.9 Å². The van der Waals surface area contributed by atoms with Gasteiger partial charge < -0.3 is 5.32 Å². The summed E-state index contributed by atoms with van der Waals surface area (Å²) in [7, 11) is 0. The molecule has 3 aromatic rings. The number of pyridine rings is 1. The molecule has 1 aromatic carbocycles. The number of rotatable bonds is 5. The lowest BCUT2D eigenvalue weighted by Crippen LogP contribution is -2.15. The molecule has 0 atom stereocenters. The lowest BCUT2D eigenvalue weighted by atomic mass is 10.1. The van der Waals surface area contributed by atoms with Crippen LogP contribution in [0.2, 0.25) is 0 Å². The van der Waals surface area contributed by atoms with E-state index in [9.17, 15) is 13.2 Å². The predicted molar refractivity (Wildman–Crippen MR) is 106 cm³/mol. The molecule has 0 amide bonds. The first-order chi connectivity index (χ1) is 13.6. The minimum atomic E-state index is -4.51. The number of nitrogens with one attached hydrogen (secondary N) is 1. The van der Waals surface area contributed by atoms with Gasteiger partial charge in [0.2, 0.25) is 9.74 Å². The molecule has 0 aliphatic heterocycles. The van der Waals surface area contributed by atoms with E-state index < -0.39 is 15.5 Å². The topological polar surface area (TPSA) is 63.6 Å². The van der Waals surface area contributed by atoms with E-state index in [0.29, 0.717) is 13.0 Å². The maximum absolute atomic E-state index is 13.0. The van der Waals surface area contributed by atoms with Crippen LogP contribution in [0.25, 0.3) is 11.4 Å². The Balaban J connectivity index is 1.90. The summed E-state index contributed by atoms with van der Waals surface area (Å²) < 4.78 is 37.1. The molecule has 0 aliphatic rings. The Bertz CT molecular complexity index is 978.